The molecule has 0 unspecified atom stereocenters. The fraction of sp³-hybridized carbons (Fsp3) is 0.0217. The average molecular weight is 609 g/mol. The van der Waals surface area contributed by atoms with E-state index >= 15 is 0 Å². The minimum Gasteiger partial charge on any atom is -0.310 e. The van der Waals surface area contributed by atoms with Gasteiger partial charge in [0.1, 0.15) is 0 Å². The highest BCUT2D eigenvalue weighted by Crippen LogP contribution is 2.64. The van der Waals surface area contributed by atoms with Crippen LogP contribution in [0.3, 0.4) is 0 Å². The third kappa shape index (κ3) is 3.56. The highest BCUT2D eigenvalue weighted by atomic mass is 15.1. The van der Waals surface area contributed by atoms with Crippen LogP contribution in [0.2, 0.25) is 0 Å². The van der Waals surface area contributed by atoms with Crippen LogP contribution in [0, 0.1) is 11.3 Å². The number of benzene rings is 8. The Morgan fingerprint density at radius 1 is 0.417 bits per heavy atom. The van der Waals surface area contributed by atoms with E-state index in [2.05, 4.69) is 150 Å². The van der Waals surface area contributed by atoms with E-state index in [4.69, 9.17) is 0 Å². The molecule has 8 aromatic carbocycles. The lowest BCUT2D eigenvalue weighted by molar-refractivity contribution is 0.802. The van der Waals surface area contributed by atoms with Gasteiger partial charge in [-0.05, 0) is 127 Å². The average Bonchev–Trinajstić information content (AvgIpc) is 3.61. The molecule has 0 amide bonds. The summed E-state index contributed by atoms with van der Waals surface area (Å²) in [6.07, 6.45) is 0. The van der Waals surface area contributed by atoms with Gasteiger partial charge in [0.2, 0.25) is 0 Å². The Labute approximate surface area is 279 Å². The fourth-order valence-corrected chi connectivity index (χ4v) is 8.50. The highest BCUT2D eigenvalue weighted by molar-refractivity contribution is 6.06. The van der Waals surface area contributed by atoms with Gasteiger partial charge >= 0.3 is 0 Å². The molecule has 2 heteroatoms. The highest BCUT2D eigenvalue weighted by Gasteiger charge is 2.52. The van der Waals surface area contributed by atoms with Crippen molar-refractivity contribution in [3.05, 3.63) is 198 Å². The quantitative estimate of drug-likeness (QED) is 0.199. The zero-order chi connectivity index (χ0) is 31.8. The lowest BCUT2D eigenvalue weighted by Crippen LogP contribution is -2.26. The first kappa shape index (κ1) is 26.8. The second-order valence-electron chi connectivity index (χ2n) is 12.8. The minimum absolute atomic E-state index is 0.435. The lowest BCUT2D eigenvalue weighted by atomic mass is 9.69. The van der Waals surface area contributed by atoms with Gasteiger partial charge in [-0.25, -0.2) is 0 Å². The van der Waals surface area contributed by atoms with Crippen LogP contribution < -0.4 is 4.90 Å². The normalized spacial score (nSPS) is 13.1. The molecular formula is C46H28N2. The molecule has 0 bridgehead atoms. The summed E-state index contributed by atoms with van der Waals surface area (Å²) in [6, 6.07) is 63.7. The largest absolute Gasteiger partial charge is 0.310 e. The van der Waals surface area contributed by atoms with Crippen molar-refractivity contribution in [3.8, 4) is 28.3 Å². The van der Waals surface area contributed by atoms with Crippen molar-refractivity contribution in [1.82, 2.24) is 0 Å². The van der Waals surface area contributed by atoms with Gasteiger partial charge in [-0.2, -0.15) is 5.26 Å². The number of nitrogens with zero attached hydrogens (tertiary/aromatic N) is 2. The van der Waals surface area contributed by atoms with Gasteiger partial charge in [0, 0.05) is 17.1 Å². The lowest BCUT2D eigenvalue weighted by Gasteiger charge is -2.31. The standard InChI is InChI=1S/C46H28N2/c47-29-30-18-22-35(23-19-30)48(34-11-2-1-3-12-34)36-24-20-32-27-41-40-25-21-31-10-4-5-13-37(31)45(40)46(44(41)28-33(32)26-36)42-16-8-6-14-38(42)39-15-7-9-17-43(39)46/h1-28H. The molecule has 0 N–H and O–H groups in total. The van der Waals surface area contributed by atoms with E-state index in [0.29, 0.717) is 5.56 Å². The SMILES string of the molecule is N#Cc1ccc(N(c2ccccc2)c2ccc3cc4c(cc3c2)C2(c3ccccc3-c3ccccc32)c2c-4ccc3ccccc23)cc1. The number of para-hydroxylation sites is 1. The predicted molar refractivity (Wildman–Crippen MR) is 197 cm³/mol. The summed E-state index contributed by atoms with van der Waals surface area (Å²) in [5.74, 6) is 0. The van der Waals surface area contributed by atoms with Gasteiger partial charge in [-0.15, -0.1) is 0 Å². The molecule has 2 nitrogen and oxygen atoms in total. The molecule has 2 aliphatic rings. The molecule has 0 fully saturated rings. The van der Waals surface area contributed by atoms with E-state index in [1.807, 2.05) is 30.3 Å². The number of rotatable bonds is 3. The van der Waals surface area contributed by atoms with Crippen molar-refractivity contribution in [2.75, 3.05) is 4.90 Å². The van der Waals surface area contributed by atoms with Crippen LogP contribution >= 0.6 is 0 Å². The summed E-state index contributed by atoms with van der Waals surface area (Å²) in [4.78, 5) is 2.27. The molecule has 0 aliphatic heterocycles. The van der Waals surface area contributed by atoms with Crippen molar-refractivity contribution >= 4 is 38.6 Å². The van der Waals surface area contributed by atoms with E-state index in [0.717, 1.165) is 17.1 Å². The number of anilines is 3. The Bertz CT molecular complexity index is 2580. The molecule has 222 valence electrons. The summed E-state index contributed by atoms with van der Waals surface area (Å²) in [5, 5.41) is 14.4. The van der Waals surface area contributed by atoms with Crippen molar-refractivity contribution < 1.29 is 0 Å². The summed E-state index contributed by atoms with van der Waals surface area (Å²) in [6.45, 7) is 0. The topological polar surface area (TPSA) is 27.0 Å². The van der Waals surface area contributed by atoms with E-state index < -0.39 is 5.41 Å². The van der Waals surface area contributed by atoms with Crippen LogP contribution in [0.5, 0.6) is 0 Å². The third-order valence-electron chi connectivity index (χ3n) is 10.4. The van der Waals surface area contributed by atoms with E-state index in [9.17, 15) is 5.26 Å². The molecule has 8 aromatic rings. The van der Waals surface area contributed by atoms with E-state index in [1.165, 1.54) is 66.1 Å². The molecule has 1 spiro atoms. The van der Waals surface area contributed by atoms with Crippen LogP contribution in [-0.4, -0.2) is 0 Å². The zero-order valence-corrected chi connectivity index (χ0v) is 26.1. The maximum atomic E-state index is 9.47. The van der Waals surface area contributed by atoms with Crippen LogP contribution in [0.15, 0.2) is 170 Å². The van der Waals surface area contributed by atoms with Crippen LogP contribution in [0.4, 0.5) is 17.1 Å². The molecule has 0 atom stereocenters. The van der Waals surface area contributed by atoms with Gasteiger partial charge in [0.25, 0.3) is 0 Å². The molecular weight excluding hydrogens is 581 g/mol. The second-order valence-corrected chi connectivity index (χ2v) is 12.8. The molecule has 0 heterocycles. The van der Waals surface area contributed by atoms with Gasteiger partial charge in [-0.1, -0.05) is 109 Å². The maximum Gasteiger partial charge on any atom is 0.0991 e. The summed E-state index contributed by atoms with van der Waals surface area (Å²) in [7, 11) is 0. The first-order valence-corrected chi connectivity index (χ1v) is 16.4. The van der Waals surface area contributed by atoms with Crippen molar-refractivity contribution in [2.24, 2.45) is 0 Å². The van der Waals surface area contributed by atoms with Gasteiger partial charge < -0.3 is 4.90 Å². The van der Waals surface area contributed by atoms with E-state index in [1.54, 1.807) is 0 Å². The van der Waals surface area contributed by atoms with Gasteiger partial charge in [-0.3, -0.25) is 0 Å². The third-order valence-corrected chi connectivity index (χ3v) is 10.4. The van der Waals surface area contributed by atoms with Crippen molar-refractivity contribution in [1.29, 1.82) is 5.26 Å². The Morgan fingerprint density at radius 2 is 1.04 bits per heavy atom. The molecule has 0 saturated carbocycles. The molecule has 48 heavy (non-hydrogen) atoms. The smallest absolute Gasteiger partial charge is 0.0991 e. The fourth-order valence-electron chi connectivity index (χ4n) is 8.50. The summed E-state index contributed by atoms with van der Waals surface area (Å²) in [5.41, 5.74) is 14.0. The number of hydrogen-bond donors (Lipinski definition) is 0. The molecule has 0 radical (unpaired) electrons. The number of nitriles is 1. The Kier molecular flexibility index (Phi) is 5.59. The Hall–Kier alpha value is -6.43. The van der Waals surface area contributed by atoms with E-state index in [-0.39, 0.29) is 0 Å². The Balaban J connectivity index is 1.27. The zero-order valence-electron chi connectivity index (χ0n) is 26.1. The molecule has 0 saturated heterocycles. The summed E-state index contributed by atoms with van der Waals surface area (Å²) < 4.78 is 0. The molecule has 2 aliphatic carbocycles. The maximum absolute atomic E-state index is 9.47. The van der Waals surface area contributed by atoms with Crippen LogP contribution in [0.25, 0.3) is 43.8 Å². The van der Waals surface area contributed by atoms with Crippen molar-refractivity contribution in [2.45, 2.75) is 5.41 Å². The first-order chi connectivity index (χ1) is 23.8. The molecule has 10 rings (SSSR count). The number of fused-ring (bicyclic) bond motifs is 13. The minimum atomic E-state index is -0.435. The first-order valence-electron chi connectivity index (χ1n) is 16.4. The Morgan fingerprint density at radius 3 is 1.79 bits per heavy atom. The second kappa shape index (κ2) is 10.0. The van der Waals surface area contributed by atoms with Crippen LogP contribution in [-0.2, 0) is 5.41 Å². The predicted octanol–water partition coefficient (Wildman–Crippen LogP) is 11.7. The van der Waals surface area contributed by atoms with Gasteiger partial charge in [0.05, 0.1) is 17.0 Å². The van der Waals surface area contributed by atoms with Gasteiger partial charge in [0.15, 0.2) is 0 Å². The van der Waals surface area contributed by atoms with Crippen molar-refractivity contribution in [3.63, 3.8) is 0 Å². The molecule has 0 aromatic heterocycles. The monoisotopic (exact) mass is 608 g/mol. The summed E-state index contributed by atoms with van der Waals surface area (Å²) >= 11 is 0. The number of hydrogen-bond acceptors (Lipinski definition) is 2. The van der Waals surface area contributed by atoms with Crippen LogP contribution in [0.1, 0.15) is 27.8 Å².